The lowest BCUT2D eigenvalue weighted by Gasteiger charge is -2.23. The number of nitrogens with one attached hydrogen (secondary N) is 1. The molecule has 0 aliphatic rings. The molecular weight excluding hydrogens is 348 g/mol. The molecule has 0 spiro atoms. The van der Waals surface area contributed by atoms with Crippen LogP contribution >= 0.6 is 0 Å². The fraction of sp³-hybridized carbons (Fsp3) is 0.375. The van der Waals surface area contributed by atoms with Crippen LogP contribution in [-0.4, -0.2) is 18.7 Å². The standard InChI is InChI=1S/C24H30N2O2/c1-24(2,16-28-3)12-8-7-11-18-13-19-22(14-20(18)25)26-21(15-23(19)27)17-9-5-4-6-10-17/h4-6,9-10,13-15H,7-8,11-12,16,25H2,1-3H3,(H,26,27). The zero-order chi connectivity index (χ0) is 20.1. The largest absolute Gasteiger partial charge is 0.398 e. The number of anilines is 1. The van der Waals surface area contributed by atoms with Crippen molar-refractivity contribution in [2.24, 2.45) is 5.41 Å². The molecule has 0 radical (unpaired) electrons. The predicted molar refractivity (Wildman–Crippen MR) is 118 cm³/mol. The number of ether oxygens (including phenoxy) is 1. The number of aromatic amines is 1. The van der Waals surface area contributed by atoms with E-state index in [1.807, 2.05) is 42.5 Å². The van der Waals surface area contributed by atoms with Gasteiger partial charge in [-0.1, -0.05) is 50.6 Å². The highest BCUT2D eigenvalue weighted by atomic mass is 16.5. The summed E-state index contributed by atoms with van der Waals surface area (Å²) < 4.78 is 5.29. The third-order valence-corrected chi connectivity index (χ3v) is 5.26. The molecule has 0 aliphatic carbocycles. The average molecular weight is 379 g/mol. The lowest BCUT2D eigenvalue weighted by Crippen LogP contribution is -2.18. The summed E-state index contributed by atoms with van der Waals surface area (Å²) in [5, 5.41) is 0.698. The zero-order valence-corrected chi connectivity index (χ0v) is 17.0. The second-order valence-electron chi connectivity index (χ2n) is 8.31. The number of rotatable bonds is 8. The molecule has 1 heterocycles. The van der Waals surface area contributed by atoms with Crippen LogP contribution < -0.4 is 11.2 Å². The van der Waals surface area contributed by atoms with Gasteiger partial charge in [0.25, 0.3) is 0 Å². The van der Waals surface area contributed by atoms with Gasteiger partial charge in [0.2, 0.25) is 0 Å². The molecule has 0 atom stereocenters. The monoisotopic (exact) mass is 378 g/mol. The Morgan fingerprint density at radius 2 is 1.82 bits per heavy atom. The van der Waals surface area contributed by atoms with E-state index in [1.54, 1.807) is 13.2 Å². The Bertz CT molecular complexity index is 991. The molecule has 3 rings (SSSR count). The van der Waals surface area contributed by atoms with E-state index in [0.29, 0.717) is 5.39 Å². The molecule has 0 bridgehead atoms. The maximum atomic E-state index is 12.7. The lowest BCUT2D eigenvalue weighted by atomic mass is 9.87. The quantitative estimate of drug-likeness (QED) is 0.420. The van der Waals surface area contributed by atoms with Crippen molar-refractivity contribution in [3.05, 3.63) is 64.3 Å². The lowest BCUT2D eigenvalue weighted by molar-refractivity contribution is 0.0964. The highest BCUT2D eigenvalue weighted by Gasteiger charge is 2.17. The van der Waals surface area contributed by atoms with Gasteiger partial charge >= 0.3 is 0 Å². The van der Waals surface area contributed by atoms with Crippen molar-refractivity contribution in [3.63, 3.8) is 0 Å². The van der Waals surface area contributed by atoms with Crippen molar-refractivity contribution in [2.45, 2.75) is 39.5 Å². The molecule has 0 unspecified atom stereocenters. The van der Waals surface area contributed by atoms with Crippen LogP contribution in [0.25, 0.3) is 22.2 Å². The van der Waals surface area contributed by atoms with E-state index in [4.69, 9.17) is 10.5 Å². The number of H-pyrrole nitrogens is 1. The molecule has 0 saturated heterocycles. The Kier molecular flexibility index (Phi) is 6.20. The SMILES string of the molecule is COCC(C)(C)CCCCc1cc2c(=O)cc(-c3ccccc3)[nH]c2cc1N. The van der Waals surface area contributed by atoms with E-state index in [9.17, 15) is 4.79 Å². The highest BCUT2D eigenvalue weighted by Crippen LogP contribution is 2.26. The summed E-state index contributed by atoms with van der Waals surface area (Å²) >= 11 is 0. The number of nitrogens with two attached hydrogens (primary N) is 1. The van der Waals surface area contributed by atoms with E-state index in [-0.39, 0.29) is 10.8 Å². The minimum absolute atomic E-state index is 0.0232. The summed E-state index contributed by atoms with van der Waals surface area (Å²) in [6.45, 7) is 5.22. The van der Waals surface area contributed by atoms with Crippen LogP contribution in [0.1, 0.15) is 38.7 Å². The molecule has 28 heavy (non-hydrogen) atoms. The first-order valence-electron chi connectivity index (χ1n) is 9.89. The van der Waals surface area contributed by atoms with Crippen molar-refractivity contribution in [2.75, 3.05) is 19.5 Å². The molecule has 3 aromatic rings. The van der Waals surface area contributed by atoms with Crippen molar-refractivity contribution >= 4 is 16.6 Å². The second kappa shape index (κ2) is 8.61. The molecular formula is C24H30N2O2. The summed E-state index contributed by atoms with van der Waals surface area (Å²) in [6, 6.07) is 15.4. The predicted octanol–water partition coefficient (Wildman–Crippen LogP) is 5.16. The van der Waals surface area contributed by atoms with E-state index in [0.717, 1.165) is 60.3 Å². The van der Waals surface area contributed by atoms with Crippen LogP contribution in [-0.2, 0) is 11.2 Å². The van der Waals surface area contributed by atoms with Gasteiger partial charge in [-0.3, -0.25) is 4.79 Å². The molecule has 3 N–H and O–H groups in total. The maximum absolute atomic E-state index is 12.7. The number of aromatic nitrogens is 1. The summed E-state index contributed by atoms with van der Waals surface area (Å²) in [6.07, 6.45) is 4.14. The number of nitrogen functional groups attached to an aromatic ring is 1. The number of methoxy groups -OCH3 is 1. The van der Waals surface area contributed by atoms with Crippen LogP contribution in [0.3, 0.4) is 0 Å². The van der Waals surface area contributed by atoms with E-state index in [1.165, 1.54) is 0 Å². The van der Waals surface area contributed by atoms with Crippen molar-refractivity contribution in [1.82, 2.24) is 4.98 Å². The van der Waals surface area contributed by atoms with Crippen LogP contribution in [0.2, 0.25) is 0 Å². The molecule has 0 saturated carbocycles. The molecule has 148 valence electrons. The Hall–Kier alpha value is -2.59. The first-order valence-corrected chi connectivity index (χ1v) is 9.89. The summed E-state index contributed by atoms with van der Waals surface area (Å²) in [4.78, 5) is 16.1. The average Bonchev–Trinajstić information content (AvgIpc) is 2.66. The Morgan fingerprint density at radius 1 is 1.07 bits per heavy atom. The van der Waals surface area contributed by atoms with Crippen LogP contribution in [0.4, 0.5) is 5.69 Å². The topological polar surface area (TPSA) is 68.1 Å². The first kappa shape index (κ1) is 20.2. The second-order valence-corrected chi connectivity index (χ2v) is 8.31. The van der Waals surface area contributed by atoms with Crippen LogP contribution in [0.15, 0.2) is 53.3 Å². The third kappa shape index (κ3) is 4.82. The van der Waals surface area contributed by atoms with Gasteiger partial charge in [0, 0.05) is 29.9 Å². The molecule has 4 heteroatoms. The van der Waals surface area contributed by atoms with E-state index >= 15 is 0 Å². The first-order chi connectivity index (χ1) is 13.4. The van der Waals surface area contributed by atoms with E-state index < -0.39 is 0 Å². The minimum Gasteiger partial charge on any atom is -0.398 e. The Balaban J connectivity index is 1.78. The number of hydrogen-bond acceptors (Lipinski definition) is 3. The number of benzene rings is 2. The fourth-order valence-electron chi connectivity index (χ4n) is 3.73. The molecule has 0 fully saturated rings. The molecule has 4 nitrogen and oxygen atoms in total. The van der Waals surface area contributed by atoms with Gasteiger partial charge in [-0.15, -0.1) is 0 Å². The van der Waals surface area contributed by atoms with Crippen molar-refractivity contribution in [3.8, 4) is 11.3 Å². The zero-order valence-electron chi connectivity index (χ0n) is 17.0. The van der Waals surface area contributed by atoms with Gasteiger partial charge in [-0.05, 0) is 47.9 Å². The smallest absolute Gasteiger partial charge is 0.190 e. The summed E-state index contributed by atoms with van der Waals surface area (Å²) in [5.74, 6) is 0. The third-order valence-electron chi connectivity index (χ3n) is 5.26. The van der Waals surface area contributed by atoms with Gasteiger partial charge < -0.3 is 15.5 Å². The number of aryl methyl sites for hydroxylation is 1. The molecule has 2 aromatic carbocycles. The highest BCUT2D eigenvalue weighted by molar-refractivity contribution is 5.85. The fourth-order valence-corrected chi connectivity index (χ4v) is 3.73. The van der Waals surface area contributed by atoms with Gasteiger partial charge in [0.1, 0.15) is 0 Å². The molecule has 1 aromatic heterocycles. The van der Waals surface area contributed by atoms with Crippen LogP contribution in [0.5, 0.6) is 0 Å². The molecule has 0 aliphatic heterocycles. The van der Waals surface area contributed by atoms with Gasteiger partial charge in [0.05, 0.1) is 12.1 Å². The number of hydrogen-bond donors (Lipinski definition) is 2. The Morgan fingerprint density at radius 3 is 2.54 bits per heavy atom. The van der Waals surface area contributed by atoms with Crippen LogP contribution in [0, 0.1) is 5.41 Å². The Labute approximate surface area is 166 Å². The number of unbranched alkanes of at least 4 members (excludes halogenated alkanes) is 1. The molecule has 0 amide bonds. The normalized spacial score (nSPS) is 11.8. The summed E-state index contributed by atoms with van der Waals surface area (Å²) in [5.41, 5.74) is 10.9. The van der Waals surface area contributed by atoms with Gasteiger partial charge in [-0.25, -0.2) is 0 Å². The minimum atomic E-state index is 0.0232. The van der Waals surface area contributed by atoms with Gasteiger partial charge in [0.15, 0.2) is 5.43 Å². The van der Waals surface area contributed by atoms with Gasteiger partial charge in [-0.2, -0.15) is 0 Å². The number of pyridine rings is 1. The summed E-state index contributed by atoms with van der Waals surface area (Å²) in [7, 11) is 1.75. The van der Waals surface area contributed by atoms with Crippen molar-refractivity contribution < 1.29 is 4.74 Å². The van der Waals surface area contributed by atoms with E-state index in [2.05, 4.69) is 18.8 Å². The number of fused-ring (bicyclic) bond motifs is 1. The maximum Gasteiger partial charge on any atom is 0.190 e. The van der Waals surface area contributed by atoms with Crippen molar-refractivity contribution in [1.29, 1.82) is 0 Å².